The molecular formula is C15H20Cl2N2O2. The zero-order valence-corrected chi connectivity index (χ0v) is 13.8. The molecule has 0 aromatic heterocycles. The van der Waals surface area contributed by atoms with Gasteiger partial charge in [0.15, 0.2) is 0 Å². The zero-order chi connectivity index (χ0) is 15.4. The molecule has 0 aliphatic carbocycles. The molecule has 1 heterocycles. The number of nitrogens with zero attached hydrogens (tertiary/aromatic N) is 2. The summed E-state index contributed by atoms with van der Waals surface area (Å²) in [5.41, 5.74) is 0.950. The van der Waals surface area contributed by atoms with E-state index in [-0.39, 0.29) is 12.0 Å². The lowest BCUT2D eigenvalue weighted by atomic mass is 10.1. The van der Waals surface area contributed by atoms with E-state index in [0.717, 1.165) is 12.1 Å². The number of carbonyl (C=O) groups is 1. The molecule has 1 fully saturated rings. The topological polar surface area (TPSA) is 32.8 Å². The van der Waals surface area contributed by atoms with Crippen molar-refractivity contribution in [2.24, 2.45) is 0 Å². The van der Waals surface area contributed by atoms with Crippen molar-refractivity contribution in [2.75, 3.05) is 39.8 Å². The van der Waals surface area contributed by atoms with E-state index in [1.54, 1.807) is 12.1 Å². The molecule has 0 N–H and O–H groups in total. The second kappa shape index (κ2) is 7.45. The van der Waals surface area contributed by atoms with Crippen molar-refractivity contribution in [1.29, 1.82) is 0 Å². The first-order valence-corrected chi connectivity index (χ1v) is 7.79. The summed E-state index contributed by atoms with van der Waals surface area (Å²) in [6.45, 7) is 5.04. The molecule has 1 unspecified atom stereocenters. The van der Waals surface area contributed by atoms with Gasteiger partial charge in [0.25, 0.3) is 0 Å². The molecule has 1 aliphatic rings. The van der Waals surface area contributed by atoms with Gasteiger partial charge in [-0.15, -0.1) is 0 Å². The maximum atomic E-state index is 12.2. The number of hydrogen-bond donors (Lipinski definition) is 0. The van der Waals surface area contributed by atoms with Crippen LogP contribution in [0.4, 0.5) is 0 Å². The first-order chi connectivity index (χ1) is 10.0. The quantitative estimate of drug-likeness (QED) is 0.851. The van der Waals surface area contributed by atoms with Crippen molar-refractivity contribution in [2.45, 2.75) is 13.0 Å². The lowest BCUT2D eigenvalue weighted by Gasteiger charge is -2.34. The van der Waals surface area contributed by atoms with Crippen LogP contribution in [0.1, 0.15) is 18.6 Å². The molecule has 1 amide bonds. The van der Waals surface area contributed by atoms with Crippen LogP contribution in [0.2, 0.25) is 10.0 Å². The molecule has 1 aliphatic heterocycles. The van der Waals surface area contributed by atoms with Gasteiger partial charge in [-0.05, 0) is 31.3 Å². The lowest BCUT2D eigenvalue weighted by molar-refractivity contribution is -0.139. The highest BCUT2D eigenvalue weighted by Crippen LogP contribution is 2.29. The molecule has 1 atom stereocenters. The van der Waals surface area contributed by atoms with Crippen LogP contribution in [-0.4, -0.2) is 55.5 Å². The number of rotatable bonds is 4. The van der Waals surface area contributed by atoms with Crippen LogP contribution >= 0.6 is 23.2 Å². The average molecular weight is 331 g/mol. The number of morpholine rings is 1. The maximum Gasteiger partial charge on any atom is 0.236 e. The lowest BCUT2D eigenvalue weighted by Crippen LogP contribution is -2.46. The molecule has 6 heteroatoms. The standard InChI is InChI=1S/C15H20Cl2N2O2/c1-3-18(2)10-15(20)19-6-7-21-14(9-19)11-4-5-12(16)13(17)8-11/h4-5,8,14H,3,6-7,9-10H2,1-2H3. The zero-order valence-electron chi connectivity index (χ0n) is 12.3. The summed E-state index contributed by atoms with van der Waals surface area (Å²) in [6, 6.07) is 5.46. The average Bonchev–Trinajstić information content (AvgIpc) is 2.50. The first-order valence-electron chi connectivity index (χ1n) is 7.04. The van der Waals surface area contributed by atoms with Gasteiger partial charge in [-0.2, -0.15) is 0 Å². The highest BCUT2D eigenvalue weighted by molar-refractivity contribution is 6.42. The molecule has 1 aromatic rings. The van der Waals surface area contributed by atoms with Gasteiger partial charge >= 0.3 is 0 Å². The molecule has 0 radical (unpaired) electrons. The highest BCUT2D eigenvalue weighted by Gasteiger charge is 2.26. The van der Waals surface area contributed by atoms with Gasteiger partial charge in [0.2, 0.25) is 5.91 Å². The van der Waals surface area contributed by atoms with Gasteiger partial charge in [0.1, 0.15) is 6.10 Å². The predicted molar refractivity (Wildman–Crippen MR) is 84.9 cm³/mol. The summed E-state index contributed by atoms with van der Waals surface area (Å²) in [5.74, 6) is 0.132. The minimum absolute atomic E-state index is 0.132. The number of halogens is 2. The van der Waals surface area contributed by atoms with Crippen LogP contribution in [0.3, 0.4) is 0 Å². The molecule has 1 saturated heterocycles. The molecule has 2 rings (SSSR count). The Hall–Kier alpha value is -0.810. The summed E-state index contributed by atoms with van der Waals surface area (Å²) in [6.07, 6.45) is -0.149. The van der Waals surface area contributed by atoms with E-state index in [0.29, 0.717) is 36.3 Å². The Labute approximate surface area is 135 Å². The highest BCUT2D eigenvalue weighted by atomic mass is 35.5. The summed E-state index contributed by atoms with van der Waals surface area (Å²) in [5, 5.41) is 1.03. The number of likely N-dealkylation sites (N-methyl/N-ethyl adjacent to an activating group) is 1. The van der Waals surface area contributed by atoms with Gasteiger partial charge in [-0.1, -0.05) is 36.2 Å². The predicted octanol–water partition coefficient (Wildman–Crippen LogP) is 2.85. The smallest absolute Gasteiger partial charge is 0.236 e. The van der Waals surface area contributed by atoms with Crippen molar-refractivity contribution in [3.8, 4) is 0 Å². The number of benzene rings is 1. The Bertz CT molecular complexity index is 510. The molecular weight excluding hydrogens is 311 g/mol. The third kappa shape index (κ3) is 4.33. The van der Waals surface area contributed by atoms with E-state index < -0.39 is 0 Å². The van der Waals surface area contributed by atoms with Crippen LogP contribution in [0.15, 0.2) is 18.2 Å². The van der Waals surface area contributed by atoms with Gasteiger partial charge in [-0.3, -0.25) is 9.69 Å². The minimum Gasteiger partial charge on any atom is -0.370 e. The molecule has 1 aromatic carbocycles. The summed E-state index contributed by atoms with van der Waals surface area (Å²) in [7, 11) is 1.94. The Morgan fingerprint density at radius 1 is 1.43 bits per heavy atom. The maximum absolute atomic E-state index is 12.2. The fraction of sp³-hybridized carbons (Fsp3) is 0.533. The van der Waals surface area contributed by atoms with Crippen molar-refractivity contribution in [1.82, 2.24) is 9.80 Å². The molecule has 4 nitrogen and oxygen atoms in total. The number of ether oxygens (including phenoxy) is 1. The third-order valence-corrected chi connectivity index (χ3v) is 4.42. The van der Waals surface area contributed by atoms with Crippen molar-refractivity contribution in [3.05, 3.63) is 33.8 Å². The van der Waals surface area contributed by atoms with E-state index in [4.69, 9.17) is 27.9 Å². The largest absolute Gasteiger partial charge is 0.370 e. The number of amides is 1. The summed E-state index contributed by atoms with van der Waals surface area (Å²) < 4.78 is 5.76. The van der Waals surface area contributed by atoms with Gasteiger partial charge < -0.3 is 9.64 Å². The Balaban J connectivity index is 2.03. The van der Waals surface area contributed by atoms with Crippen LogP contribution in [-0.2, 0) is 9.53 Å². The van der Waals surface area contributed by atoms with E-state index in [9.17, 15) is 4.79 Å². The minimum atomic E-state index is -0.149. The Kier molecular flexibility index (Phi) is 5.88. The van der Waals surface area contributed by atoms with Crippen molar-refractivity contribution >= 4 is 29.1 Å². The van der Waals surface area contributed by atoms with Gasteiger partial charge in [-0.25, -0.2) is 0 Å². The monoisotopic (exact) mass is 330 g/mol. The Morgan fingerprint density at radius 3 is 2.86 bits per heavy atom. The van der Waals surface area contributed by atoms with Crippen LogP contribution in [0.25, 0.3) is 0 Å². The van der Waals surface area contributed by atoms with Crippen LogP contribution in [0, 0.1) is 0 Å². The molecule has 0 spiro atoms. The van der Waals surface area contributed by atoms with Gasteiger partial charge in [0.05, 0.1) is 29.7 Å². The van der Waals surface area contributed by atoms with Crippen LogP contribution < -0.4 is 0 Å². The van der Waals surface area contributed by atoms with E-state index in [2.05, 4.69) is 0 Å². The summed E-state index contributed by atoms with van der Waals surface area (Å²) >= 11 is 12.0. The first kappa shape index (κ1) is 16.6. The normalized spacial score (nSPS) is 19.1. The second-order valence-corrected chi connectivity index (χ2v) is 6.02. The fourth-order valence-corrected chi connectivity index (χ4v) is 2.54. The molecule has 0 bridgehead atoms. The van der Waals surface area contributed by atoms with E-state index in [1.165, 1.54) is 0 Å². The molecule has 0 saturated carbocycles. The fourth-order valence-electron chi connectivity index (χ4n) is 2.23. The van der Waals surface area contributed by atoms with Crippen LogP contribution in [0.5, 0.6) is 0 Å². The van der Waals surface area contributed by atoms with E-state index in [1.807, 2.05) is 29.8 Å². The van der Waals surface area contributed by atoms with Gasteiger partial charge in [0, 0.05) is 6.54 Å². The molecule has 21 heavy (non-hydrogen) atoms. The molecule has 116 valence electrons. The number of carbonyl (C=O) groups excluding carboxylic acids is 1. The number of hydrogen-bond acceptors (Lipinski definition) is 3. The van der Waals surface area contributed by atoms with E-state index >= 15 is 0 Å². The van der Waals surface area contributed by atoms with Crippen molar-refractivity contribution < 1.29 is 9.53 Å². The SMILES string of the molecule is CCN(C)CC(=O)N1CCOC(c2ccc(Cl)c(Cl)c2)C1. The van der Waals surface area contributed by atoms with Crippen molar-refractivity contribution in [3.63, 3.8) is 0 Å². The Morgan fingerprint density at radius 2 is 2.19 bits per heavy atom. The summed E-state index contributed by atoms with van der Waals surface area (Å²) in [4.78, 5) is 16.1. The second-order valence-electron chi connectivity index (χ2n) is 5.20. The third-order valence-electron chi connectivity index (χ3n) is 3.68.